The molecule has 25 heavy (non-hydrogen) atoms. The summed E-state index contributed by atoms with van der Waals surface area (Å²) in [6.07, 6.45) is 8.35. The van der Waals surface area contributed by atoms with Crippen LogP contribution in [0.1, 0.15) is 25.0 Å². The largest absolute Gasteiger partial charge is 0.490 e. The molecule has 2 aliphatic rings. The predicted octanol–water partition coefficient (Wildman–Crippen LogP) is 1.68. The summed E-state index contributed by atoms with van der Waals surface area (Å²) in [7, 11) is 1.47. The zero-order chi connectivity index (χ0) is 17.2. The lowest BCUT2D eigenvalue weighted by atomic mass is 10.2. The molecule has 0 aromatic carbocycles. The Morgan fingerprint density at radius 2 is 2.24 bits per heavy atom. The number of nitrogens with zero attached hydrogens (tertiary/aromatic N) is 4. The Bertz CT molecular complexity index is 775. The summed E-state index contributed by atoms with van der Waals surface area (Å²) in [5.74, 6) is 1.93. The Morgan fingerprint density at radius 1 is 1.36 bits per heavy atom. The highest BCUT2D eigenvalue weighted by Crippen LogP contribution is 2.34. The zero-order valence-electron chi connectivity index (χ0n) is 14.3. The summed E-state index contributed by atoms with van der Waals surface area (Å²) >= 11 is 0. The van der Waals surface area contributed by atoms with Crippen LogP contribution in [-0.4, -0.2) is 47.2 Å². The van der Waals surface area contributed by atoms with Gasteiger partial charge in [-0.3, -0.25) is 9.69 Å². The van der Waals surface area contributed by atoms with Crippen molar-refractivity contribution in [3.8, 4) is 5.75 Å². The monoisotopic (exact) mass is 342 g/mol. The van der Waals surface area contributed by atoms with Crippen LogP contribution in [-0.2, 0) is 6.54 Å². The van der Waals surface area contributed by atoms with Gasteiger partial charge in [0, 0.05) is 37.4 Å². The molecule has 1 saturated carbocycles. The van der Waals surface area contributed by atoms with Crippen LogP contribution in [0.5, 0.6) is 5.75 Å². The summed E-state index contributed by atoms with van der Waals surface area (Å²) in [6.45, 7) is 2.56. The van der Waals surface area contributed by atoms with E-state index in [4.69, 9.17) is 9.15 Å². The van der Waals surface area contributed by atoms with Crippen molar-refractivity contribution in [2.75, 3.05) is 25.1 Å². The van der Waals surface area contributed by atoms with Crippen LogP contribution in [0, 0.1) is 0 Å². The van der Waals surface area contributed by atoms with Crippen LogP contribution in [0.15, 0.2) is 40.1 Å². The van der Waals surface area contributed by atoms with Crippen LogP contribution >= 0.6 is 0 Å². The number of anilines is 1. The van der Waals surface area contributed by atoms with Crippen molar-refractivity contribution in [1.82, 2.24) is 14.9 Å². The maximum Gasteiger partial charge on any atom is 0.227 e. The summed E-state index contributed by atoms with van der Waals surface area (Å²) < 4.78 is 10.5. The second-order valence-corrected chi connectivity index (χ2v) is 6.66. The molecular formula is C18H22N4O3. The van der Waals surface area contributed by atoms with Gasteiger partial charge in [0.25, 0.3) is 0 Å². The molecule has 7 nitrogen and oxygen atoms in total. The van der Waals surface area contributed by atoms with Crippen molar-refractivity contribution >= 4 is 5.82 Å². The fraction of sp³-hybridized carbons (Fsp3) is 0.500. The van der Waals surface area contributed by atoms with E-state index in [0.29, 0.717) is 24.4 Å². The highest BCUT2D eigenvalue weighted by Gasteiger charge is 2.38. The highest BCUT2D eigenvalue weighted by molar-refractivity contribution is 5.42. The lowest BCUT2D eigenvalue weighted by Crippen LogP contribution is -2.39. The minimum absolute atomic E-state index is 0.139. The lowest BCUT2D eigenvalue weighted by molar-refractivity contribution is 0.284. The van der Waals surface area contributed by atoms with Gasteiger partial charge in [0.15, 0.2) is 0 Å². The smallest absolute Gasteiger partial charge is 0.227 e. The second-order valence-electron chi connectivity index (χ2n) is 6.66. The van der Waals surface area contributed by atoms with E-state index in [2.05, 4.69) is 19.8 Å². The van der Waals surface area contributed by atoms with Gasteiger partial charge in [0.05, 0.1) is 13.7 Å². The van der Waals surface area contributed by atoms with Crippen molar-refractivity contribution in [1.29, 1.82) is 0 Å². The standard InChI is InChI=1S/C18H22N4O3/c1-24-17-11-25-15(8-16(17)23)10-21-7-5-14(9-21)22(13-2-3-13)18-4-6-19-12-20-18/h4,6,8,11-14H,2-3,5,7,9-10H2,1H3. The molecule has 0 N–H and O–H groups in total. The van der Waals surface area contributed by atoms with Gasteiger partial charge in [-0.15, -0.1) is 0 Å². The first kappa shape index (κ1) is 16.1. The summed E-state index contributed by atoms with van der Waals surface area (Å²) in [5.41, 5.74) is -0.139. The quantitative estimate of drug-likeness (QED) is 0.791. The van der Waals surface area contributed by atoms with Crippen LogP contribution in [0.3, 0.4) is 0 Å². The predicted molar refractivity (Wildman–Crippen MR) is 92.7 cm³/mol. The fourth-order valence-electron chi connectivity index (χ4n) is 3.53. The van der Waals surface area contributed by atoms with Gasteiger partial charge >= 0.3 is 0 Å². The molecule has 132 valence electrons. The topological polar surface area (TPSA) is 71.7 Å². The number of methoxy groups -OCH3 is 1. The average molecular weight is 342 g/mol. The van der Waals surface area contributed by atoms with Crippen molar-refractivity contribution in [3.63, 3.8) is 0 Å². The molecule has 4 rings (SSSR count). The third-order valence-electron chi connectivity index (χ3n) is 4.86. The molecule has 2 fully saturated rings. The van der Waals surface area contributed by atoms with E-state index in [-0.39, 0.29) is 11.2 Å². The molecule has 0 radical (unpaired) electrons. The van der Waals surface area contributed by atoms with Gasteiger partial charge in [0.1, 0.15) is 24.2 Å². The van der Waals surface area contributed by atoms with E-state index in [1.807, 2.05) is 6.07 Å². The van der Waals surface area contributed by atoms with Gasteiger partial charge in [0.2, 0.25) is 11.2 Å². The normalized spacial score (nSPS) is 20.6. The number of rotatable bonds is 6. The summed E-state index contributed by atoms with van der Waals surface area (Å²) in [5, 5.41) is 0. The molecule has 3 heterocycles. The maximum atomic E-state index is 11.9. The van der Waals surface area contributed by atoms with E-state index in [9.17, 15) is 4.79 Å². The molecule has 0 amide bonds. The third-order valence-corrected chi connectivity index (χ3v) is 4.86. The summed E-state index contributed by atoms with van der Waals surface area (Å²) in [4.78, 5) is 25.1. The highest BCUT2D eigenvalue weighted by atomic mass is 16.5. The number of ether oxygens (including phenoxy) is 1. The van der Waals surface area contributed by atoms with Gasteiger partial charge in [-0.1, -0.05) is 0 Å². The van der Waals surface area contributed by atoms with E-state index >= 15 is 0 Å². The maximum absolute atomic E-state index is 11.9. The van der Waals surface area contributed by atoms with Crippen molar-refractivity contribution < 1.29 is 9.15 Å². The molecule has 2 aromatic heterocycles. The Labute approximate surface area is 146 Å². The Hall–Kier alpha value is -2.41. The third kappa shape index (κ3) is 3.51. The van der Waals surface area contributed by atoms with E-state index in [1.54, 1.807) is 12.5 Å². The minimum atomic E-state index is -0.139. The minimum Gasteiger partial charge on any atom is -0.490 e. The lowest BCUT2D eigenvalue weighted by Gasteiger charge is -2.30. The number of hydrogen-bond donors (Lipinski definition) is 0. The molecule has 1 aliphatic carbocycles. The second kappa shape index (κ2) is 6.84. The van der Waals surface area contributed by atoms with E-state index in [1.165, 1.54) is 32.3 Å². The zero-order valence-corrected chi connectivity index (χ0v) is 14.3. The van der Waals surface area contributed by atoms with Crippen LogP contribution in [0.2, 0.25) is 0 Å². The van der Waals surface area contributed by atoms with Gasteiger partial charge in [-0.05, 0) is 25.3 Å². The Balaban J connectivity index is 1.44. The first-order valence-corrected chi connectivity index (χ1v) is 8.67. The molecule has 1 saturated heterocycles. The molecule has 1 unspecified atom stereocenters. The van der Waals surface area contributed by atoms with Crippen LogP contribution in [0.25, 0.3) is 0 Å². The molecule has 1 aliphatic heterocycles. The van der Waals surface area contributed by atoms with E-state index in [0.717, 1.165) is 25.3 Å². The summed E-state index contributed by atoms with van der Waals surface area (Å²) in [6, 6.07) is 4.55. The van der Waals surface area contributed by atoms with Crippen LogP contribution in [0.4, 0.5) is 5.82 Å². The van der Waals surface area contributed by atoms with Gasteiger partial charge < -0.3 is 14.1 Å². The van der Waals surface area contributed by atoms with Crippen molar-refractivity contribution in [2.45, 2.75) is 37.9 Å². The first-order valence-electron chi connectivity index (χ1n) is 8.67. The number of likely N-dealkylation sites (tertiary alicyclic amines) is 1. The SMILES string of the molecule is COc1coc(CN2CCC(N(c3ccncn3)C3CC3)C2)cc1=O. The molecule has 7 heteroatoms. The first-order chi connectivity index (χ1) is 12.2. The Morgan fingerprint density at radius 3 is 2.92 bits per heavy atom. The molecule has 0 spiro atoms. The number of aromatic nitrogens is 2. The van der Waals surface area contributed by atoms with Gasteiger partial charge in [-0.25, -0.2) is 9.97 Å². The average Bonchev–Trinajstić information content (AvgIpc) is 3.36. The fourth-order valence-corrected chi connectivity index (χ4v) is 3.53. The van der Waals surface area contributed by atoms with Crippen LogP contribution < -0.4 is 15.1 Å². The molecule has 0 bridgehead atoms. The molecule has 1 atom stereocenters. The van der Waals surface area contributed by atoms with Crippen molar-refractivity contribution in [2.24, 2.45) is 0 Å². The number of hydrogen-bond acceptors (Lipinski definition) is 7. The molecular weight excluding hydrogens is 320 g/mol. The molecule has 2 aromatic rings. The van der Waals surface area contributed by atoms with E-state index < -0.39 is 0 Å². The Kier molecular flexibility index (Phi) is 4.40. The van der Waals surface area contributed by atoms with Crippen molar-refractivity contribution in [3.05, 3.63) is 46.9 Å². The van der Waals surface area contributed by atoms with Gasteiger partial charge in [-0.2, -0.15) is 0 Å².